The molecule has 4 atom stereocenters. The van der Waals surface area contributed by atoms with E-state index in [0.717, 1.165) is 0 Å². The van der Waals surface area contributed by atoms with Crippen LogP contribution < -0.4 is 0 Å². The van der Waals surface area contributed by atoms with Gasteiger partial charge in [0.1, 0.15) is 11.7 Å². The van der Waals surface area contributed by atoms with Crippen LogP contribution in [-0.2, 0) is 4.74 Å². The first-order valence-corrected chi connectivity index (χ1v) is 3.82. The van der Waals surface area contributed by atoms with Gasteiger partial charge in [-0.2, -0.15) is 0 Å². The summed E-state index contributed by atoms with van der Waals surface area (Å²) in [4.78, 5) is 0. The second-order valence-electron chi connectivity index (χ2n) is 3.03. The smallest absolute Gasteiger partial charge is 0.155 e. The molecule has 0 amide bonds. The van der Waals surface area contributed by atoms with Gasteiger partial charge in [0.2, 0.25) is 0 Å². The molecule has 4 heteroatoms. The molecule has 1 aliphatic heterocycles. The van der Waals surface area contributed by atoms with Gasteiger partial charge in [-0.25, -0.2) is 4.39 Å². The fourth-order valence-corrected chi connectivity index (χ4v) is 1.37. The van der Waals surface area contributed by atoms with Crippen LogP contribution >= 0.6 is 0 Å². The number of ether oxygens (including phenoxy) is 1. The topological polar surface area (TPSA) is 49.7 Å². The molecule has 0 radical (unpaired) electrons. The minimum absolute atomic E-state index is 0.456. The van der Waals surface area contributed by atoms with Gasteiger partial charge in [0, 0.05) is 0 Å². The first-order chi connectivity index (χ1) is 5.57. The second-order valence-corrected chi connectivity index (χ2v) is 3.03. The van der Waals surface area contributed by atoms with Crippen molar-refractivity contribution in [2.45, 2.75) is 30.9 Å². The first-order valence-electron chi connectivity index (χ1n) is 3.82. The van der Waals surface area contributed by atoms with Crippen molar-refractivity contribution in [1.82, 2.24) is 0 Å². The van der Waals surface area contributed by atoms with E-state index in [1.165, 1.54) is 13.0 Å². The van der Waals surface area contributed by atoms with Gasteiger partial charge in [0.05, 0.1) is 12.7 Å². The summed E-state index contributed by atoms with van der Waals surface area (Å²) in [5, 5.41) is 18.2. The standard InChI is InChI=1S/C8H13FO3/c1-3-8(4-10)7(11)6(9)5(2)12-8/h3,5-7,10-11H,1,4H2,2H3/t5-,6-,7-,8+/m0/s1. The molecule has 70 valence electrons. The zero-order chi connectivity index (χ0) is 9.35. The molecule has 12 heavy (non-hydrogen) atoms. The molecule has 1 saturated heterocycles. The highest BCUT2D eigenvalue weighted by Crippen LogP contribution is 2.33. The lowest BCUT2D eigenvalue weighted by Crippen LogP contribution is -2.43. The van der Waals surface area contributed by atoms with Crippen LogP contribution in [0, 0.1) is 0 Å². The summed E-state index contributed by atoms with van der Waals surface area (Å²) in [7, 11) is 0. The third-order valence-corrected chi connectivity index (χ3v) is 2.25. The van der Waals surface area contributed by atoms with Crippen LogP contribution in [0.15, 0.2) is 12.7 Å². The number of hydrogen-bond acceptors (Lipinski definition) is 3. The Bertz CT molecular complexity index is 185. The van der Waals surface area contributed by atoms with Gasteiger partial charge in [-0.3, -0.25) is 0 Å². The highest BCUT2D eigenvalue weighted by atomic mass is 19.1. The van der Waals surface area contributed by atoms with Crippen molar-refractivity contribution >= 4 is 0 Å². The van der Waals surface area contributed by atoms with Crippen LogP contribution in [0.4, 0.5) is 4.39 Å². The number of aliphatic hydroxyl groups excluding tert-OH is 2. The van der Waals surface area contributed by atoms with E-state index in [4.69, 9.17) is 9.84 Å². The summed E-state index contributed by atoms with van der Waals surface area (Å²) in [6.07, 6.45) is -2.25. The number of hydrogen-bond donors (Lipinski definition) is 2. The lowest BCUT2D eigenvalue weighted by molar-refractivity contribution is -0.0739. The molecule has 1 fully saturated rings. The van der Waals surface area contributed by atoms with Gasteiger partial charge < -0.3 is 14.9 Å². The van der Waals surface area contributed by atoms with Crippen LogP contribution in [0.2, 0.25) is 0 Å². The second kappa shape index (κ2) is 3.12. The van der Waals surface area contributed by atoms with Crippen molar-refractivity contribution in [3.05, 3.63) is 12.7 Å². The summed E-state index contributed by atoms with van der Waals surface area (Å²) in [5.74, 6) is 0. The molecule has 0 aromatic rings. The predicted molar refractivity (Wildman–Crippen MR) is 41.5 cm³/mol. The van der Waals surface area contributed by atoms with Crippen LogP contribution in [0.1, 0.15) is 6.92 Å². The molecule has 0 aromatic carbocycles. The maximum absolute atomic E-state index is 13.0. The average Bonchev–Trinajstić information content (AvgIpc) is 2.30. The van der Waals surface area contributed by atoms with Crippen molar-refractivity contribution < 1.29 is 19.3 Å². The van der Waals surface area contributed by atoms with Gasteiger partial charge in [0.25, 0.3) is 0 Å². The number of rotatable bonds is 2. The molecule has 0 saturated carbocycles. The minimum Gasteiger partial charge on any atom is -0.393 e. The van der Waals surface area contributed by atoms with E-state index in [1.807, 2.05) is 0 Å². The summed E-state index contributed by atoms with van der Waals surface area (Å²) in [6, 6.07) is 0. The fourth-order valence-electron chi connectivity index (χ4n) is 1.37. The Morgan fingerprint density at radius 2 is 2.33 bits per heavy atom. The van der Waals surface area contributed by atoms with E-state index in [-0.39, 0.29) is 0 Å². The molecular formula is C8H13FO3. The molecular weight excluding hydrogens is 163 g/mol. The Balaban J connectivity index is 2.86. The van der Waals surface area contributed by atoms with Gasteiger partial charge in [0.15, 0.2) is 6.17 Å². The molecule has 1 heterocycles. The maximum Gasteiger partial charge on any atom is 0.155 e. The number of alkyl halides is 1. The summed E-state index contributed by atoms with van der Waals surface area (Å²) < 4.78 is 18.1. The van der Waals surface area contributed by atoms with E-state index in [0.29, 0.717) is 0 Å². The monoisotopic (exact) mass is 176 g/mol. The van der Waals surface area contributed by atoms with Gasteiger partial charge in [-0.1, -0.05) is 6.08 Å². The van der Waals surface area contributed by atoms with Crippen LogP contribution in [-0.4, -0.2) is 40.8 Å². The molecule has 0 spiro atoms. The fraction of sp³-hybridized carbons (Fsp3) is 0.750. The quantitative estimate of drug-likeness (QED) is 0.583. The zero-order valence-electron chi connectivity index (χ0n) is 6.90. The van der Waals surface area contributed by atoms with E-state index in [2.05, 4.69) is 6.58 Å². The SMILES string of the molecule is C=C[C@]1(CO)O[C@@H](C)[C@H](F)[C@@H]1O. The van der Waals surface area contributed by atoms with Crippen molar-refractivity contribution in [2.24, 2.45) is 0 Å². The summed E-state index contributed by atoms with van der Waals surface area (Å²) in [5.41, 5.74) is -1.32. The summed E-state index contributed by atoms with van der Waals surface area (Å²) >= 11 is 0. The van der Waals surface area contributed by atoms with Gasteiger partial charge >= 0.3 is 0 Å². The maximum atomic E-state index is 13.0. The van der Waals surface area contributed by atoms with E-state index in [9.17, 15) is 9.50 Å². The molecule has 3 nitrogen and oxygen atoms in total. The minimum atomic E-state index is -1.46. The first kappa shape index (κ1) is 9.64. The molecule has 1 aliphatic rings. The van der Waals surface area contributed by atoms with Crippen LogP contribution in [0.3, 0.4) is 0 Å². The largest absolute Gasteiger partial charge is 0.393 e. The highest BCUT2D eigenvalue weighted by Gasteiger charge is 2.51. The Kier molecular flexibility index (Phi) is 2.51. The van der Waals surface area contributed by atoms with Crippen molar-refractivity contribution in [1.29, 1.82) is 0 Å². The normalized spacial score (nSPS) is 47.8. The Morgan fingerprint density at radius 1 is 1.75 bits per heavy atom. The van der Waals surface area contributed by atoms with Gasteiger partial charge in [-0.15, -0.1) is 6.58 Å². The van der Waals surface area contributed by atoms with E-state index < -0.39 is 30.6 Å². The molecule has 2 N–H and O–H groups in total. The van der Waals surface area contributed by atoms with Crippen LogP contribution in [0.5, 0.6) is 0 Å². The lowest BCUT2D eigenvalue weighted by Gasteiger charge is -2.25. The third-order valence-electron chi connectivity index (χ3n) is 2.25. The van der Waals surface area contributed by atoms with Gasteiger partial charge in [-0.05, 0) is 6.92 Å². The zero-order valence-corrected chi connectivity index (χ0v) is 6.90. The predicted octanol–water partition coefficient (Wildman–Crippen LogP) is 0.0212. The van der Waals surface area contributed by atoms with Crippen molar-refractivity contribution in [2.75, 3.05) is 6.61 Å². The number of aliphatic hydroxyl groups is 2. The molecule has 1 rings (SSSR count). The van der Waals surface area contributed by atoms with E-state index in [1.54, 1.807) is 0 Å². The Labute approximate surface area is 70.5 Å². The number of halogens is 1. The van der Waals surface area contributed by atoms with Crippen molar-refractivity contribution in [3.8, 4) is 0 Å². The van der Waals surface area contributed by atoms with Crippen LogP contribution in [0.25, 0.3) is 0 Å². The lowest BCUT2D eigenvalue weighted by atomic mass is 9.96. The molecule has 0 aromatic heterocycles. The van der Waals surface area contributed by atoms with E-state index >= 15 is 0 Å². The molecule has 0 aliphatic carbocycles. The third kappa shape index (κ3) is 1.16. The van der Waals surface area contributed by atoms with Crippen molar-refractivity contribution in [3.63, 3.8) is 0 Å². The average molecular weight is 176 g/mol. The molecule has 0 bridgehead atoms. The highest BCUT2D eigenvalue weighted by molar-refractivity contribution is 5.10. The Hall–Kier alpha value is -0.450. The molecule has 0 unspecified atom stereocenters. The Morgan fingerprint density at radius 3 is 2.50 bits per heavy atom. The summed E-state index contributed by atoms with van der Waals surface area (Å²) in [6.45, 7) is 4.45.